The second-order valence-corrected chi connectivity index (χ2v) is 3.25. The fourth-order valence-corrected chi connectivity index (χ4v) is 1.23. The minimum atomic E-state index is -0.0429. The maximum atomic E-state index is 10.9. The summed E-state index contributed by atoms with van der Waals surface area (Å²) >= 11 is 0. The van der Waals surface area contributed by atoms with Gasteiger partial charge in [-0.05, 0) is 19.4 Å². The Hall–Kier alpha value is -1.57. The summed E-state index contributed by atoms with van der Waals surface area (Å²) < 4.78 is 0. The van der Waals surface area contributed by atoms with Crippen molar-refractivity contribution in [1.29, 1.82) is 0 Å². The van der Waals surface area contributed by atoms with Crippen LogP contribution in [0.4, 0.5) is 0 Å². The number of carbonyl (C=O) groups excluding carboxylic acids is 1. The van der Waals surface area contributed by atoms with Gasteiger partial charge in [0.25, 0.3) is 0 Å². The summed E-state index contributed by atoms with van der Waals surface area (Å²) in [4.78, 5) is 10.9. The van der Waals surface area contributed by atoms with E-state index < -0.39 is 0 Å². The zero-order chi connectivity index (χ0) is 10.6. The van der Waals surface area contributed by atoms with Crippen LogP contribution in [0.25, 0.3) is 5.70 Å². The molecule has 74 valence electrons. The Bertz CT molecular complexity index is 349. The van der Waals surface area contributed by atoms with E-state index in [1.807, 2.05) is 44.2 Å². The molecular weight excluding hydrogens is 174 g/mol. The normalized spacial score (nSPS) is 11.2. The molecule has 0 saturated heterocycles. The Morgan fingerprint density at radius 1 is 1.29 bits per heavy atom. The molecule has 0 aliphatic carbocycles. The van der Waals surface area contributed by atoms with Gasteiger partial charge in [0.1, 0.15) is 0 Å². The number of amides is 1. The third kappa shape index (κ3) is 2.73. The van der Waals surface area contributed by atoms with Crippen molar-refractivity contribution in [2.24, 2.45) is 0 Å². The molecule has 1 amide bonds. The lowest BCUT2D eigenvalue weighted by atomic mass is 10.1. The van der Waals surface area contributed by atoms with Crippen LogP contribution in [0.3, 0.4) is 0 Å². The van der Waals surface area contributed by atoms with Crippen molar-refractivity contribution in [3.8, 4) is 0 Å². The zero-order valence-corrected chi connectivity index (χ0v) is 8.79. The Balaban J connectivity index is 2.91. The van der Waals surface area contributed by atoms with Crippen LogP contribution in [0.15, 0.2) is 30.3 Å². The van der Waals surface area contributed by atoms with E-state index in [4.69, 9.17) is 0 Å². The van der Waals surface area contributed by atoms with Gasteiger partial charge in [-0.1, -0.05) is 35.9 Å². The number of benzene rings is 1. The third-order valence-corrected chi connectivity index (χ3v) is 1.96. The van der Waals surface area contributed by atoms with Gasteiger partial charge in [-0.3, -0.25) is 4.79 Å². The lowest BCUT2D eigenvalue weighted by Crippen LogP contribution is -2.17. The van der Waals surface area contributed by atoms with E-state index in [9.17, 15) is 4.79 Å². The number of rotatable bonds is 2. The van der Waals surface area contributed by atoms with Gasteiger partial charge in [0.15, 0.2) is 0 Å². The lowest BCUT2D eigenvalue weighted by Gasteiger charge is -2.07. The molecular formula is C12H15NO. The van der Waals surface area contributed by atoms with Crippen LogP contribution >= 0.6 is 0 Å². The van der Waals surface area contributed by atoms with Gasteiger partial charge in [0.2, 0.25) is 5.91 Å². The smallest absolute Gasteiger partial charge is 0.221 e. The van der Waals surface area contributed by atoms with Crippen molar-refractivity contribution in [3.63, 3.8) is 0 Å². The standard InChI is InChI=1S/C12H15NO/c1-4-12(13-10(3)14)11-7-5-9(2)6-8-11/h4-8H,1-3H3,(H,13,14)/b12-4-. The minimum absolute atomic E-state index is 0.0429. The molecule has 0 radical (unpaired) electrons. The fourth-order valence-electron chi connectivity index (χ4n) is 1.23. The second kappa shape index (κ2) is 4.61. The topological polar surface area (TPSA) is 29.1 Å². The first-order chi connectivity index (χ1) is 6.63. The first-order valence-electron chi connectivity index (χ1n) is 4.64. The molecule has 0 spiro atoms. The predicted octanol–water partition coefficient (Wildman–Crippen LogP) is 2.49. The van der Waals surface area contributed by atoms with Crippen molar-refractivity contribution in [2.45, 2.75) is 20.8 Å². The molecule has 0 saturated carbocycles. The first kappa shape index (κ1) is 10.5. The van der Waals surface area contributed by atoms with Crippen molar-refractivity contribution < 1.29 is 4.79 Å². The summed E-state index contributed by atoms with van der Waals surface area (Å²) in [5, 5.41) is 2.79. The van der Waals surface area contributed by atoms with E-state index in [0.29, 0.717) is 0 Å². The third-order valence-electron chi connectivity index (χ3n) is 1.96. The van der Waals surface area contributed by atoms with Crippen molar-refractivity contribution in [2.75, 3.05) is 0 Å². The summed E-state index contributed by atoms with van der Waals surface area (Å²) in [7, 11) is 0. The zero-order valence-electron chi connectivity index (χ0n) is 8.79. The van der Waals surface area contributed by atoms with Gasteiger partial charge in [-0.15, -0.1) is 0 Å². The minimum Gasteiger partial charge on any atom is -0.326 e. The number of hydrogen-bond donors (Lipinski definition) is 1. The SMILES string of the molecule is C/C=C(\NC(C)=O)c1ccc(C)cc1. The van der Waals surface area contributed by atoms with Crippen LogP contribution in [0.1, 0.15) is 25.0 Å². The largest absolute Gasteiger partial charge is 0.326 e. The van der Waals surface area contributed by atoms with Gasteiger partial charge < -0.3 is 5.32 Å². The average molecular weight is 189 g/mol. The average Bonchev–Trinajstić information content (AvgIpc) is 2.15. The molecule has 0 atom stereocenters. The van der Waals surface area contributed by atoms with E-state index in [-0.39, 0.29) is 5.91 Å². The Morgan fingerprint density at radius 2 is 1.86 bits per heavy atom. The van der Waals surface area contributed by atoms with Crippen LogP contribution < -0.4 is 5.32 Å². The van der Waals surface area contributed by atoms with Crippen LogP contribution in [0, 0.1) is 6.92 Å². The van der Waals surface area contributed by atoms with Crippen LogP contribution in [0.2, 0.25) is 0 Å². The monoisotopic (exact) mass is 189 g/mol. The highest BCUT2D eigenvalue weighted by atomic mass is 16.1. The molecule has 0 aliphatic rings. The maximum absolute atomic E-state index is 10.9. The van der Waals surface area contributed by atoms with E-state index in [0.717, 1.165) is 11.3 Å². The number of aryl methyl sites for hydroxylation is 1. The Kier molecular flexibility index (Phi) is 3.46. The lowest BCUT2D eigenvalue weighted by molar-refractivity contribution is -0.117. The van der Waals surface area contributed by atoms with Crippen LogP contribution in [0.5, 0.6) is 0 Å². The molecule has 1 rings (SSSR count). The summed E-state index contributed by atoms with van der Waals surface area (Å²) in [6.45, 7) is 5.46. The second-order valence-electron chi connectivity index (χ2n) is 3.25. The van der Waals surface area contributed by atoms with Crippen molar-refractivity contribution >= 4 is 11.6 Å². The Labute approximate surface area is 84.6 Å². The highest BCUT2D eigenvalue weighted by Crippen LogP contribution is 2.12. The summed E-state index contributed by atoms with van der Waals surface area (Å²) in [5.74, 6) is -0.0429. The van der Waals surface area contributed by atoms with Crippen molar-refractivity contribution in [3.05, 3.63) is 41.5 Å². The van der Waals surface area contributed by atoms with Crippen LogP contribution in [-0.4, -0.2) is 5.91 Å². The number of carbonyl (C=O) groups is 1. The Morgan fingerprint density at radius 3 is 2.29 bits per heavy atom. The molecule has 14 heavy (non-hydrogen) atoms. The molecule has 1 N–H and O–H groups in total. The molecule has 2 nitrogen and oxygen atoms in total. The van der Waals surface area contributed by atoms with Gasteiger partial charge in [0, 0.05) is 12.6 Å². The summed E-state index contributed by atoms with van der Waals surface area (Å²) in [6.07, 6.45) is 1.89. The van der Waals surface area contributed by atoms with Gasteiger partial charge in [-0.25, -0.2) is 0 Å². The van der Waals surface area contributed by atoms with E-state index in [2.05, 4.69) is 5.32 Å². The molecule has 0 bridgehead atoms. The van der Waals surface area contributed by atoms with Gasteiger partial charge in [-0.2, -0.15) is 0 Å². The molecule has 0 heterocycles. The quantitative estimate of drug-likeness (QED) is 0.760. The van der Waals surface area contributed by atoms with E-state index in [1.54, 1.807) is 0 Å². The molecule has 0 fully saturated rings. The molecule has 2 heteroatoms. The predicted molar refractivity (Wildman–Crippen MR) is 58.6 cm³/mol. The highest BCUT2D eigenvalue weighted by molar-refractivity contribution is 5.84. The molecule has 1 aromatic carbocycles. The summed E-state index contributed by atoms with van der Waals surface area (Å²) in [6, 6.07) is 8.06. The molecule has 1 aromatic rings. The fraction of sp³-hybridized carbons (Fsp3) is 0.250. The van der Waals surface area contributed by atoms with Gasteiger partial charge >= 0.3 is 0 Å². The van der Waals surface area contributed by atoms with Crippen LogP contribution in [-0.2, 0) is 4.79 Å². The summed E-state index contributed by atoms with van der Waals surface area (Å²) in [5.41, 5.74) is 3.11. The molecule has 0 aliphatic heterocycles. The van der Waals surface area contributed by atoms with Gasteiger partial charge in [0.05, 0.1) is 0 Å². The maximum Gasteiger partial charge on any atom is 0.221 e. The highest BCUT2D eigenvalue weighted by Gasteiger charge is 2.00. The first-order valence-corrected chi connectivity index (χ1v) is 4.64. The number of hydrogen-bond acceptors (Lipinski definition) is 1. The van der Waals surface area contributed by atoms with Crippen molar-refractivity contribution in [1.82, 2.24) is 5.32 Å². The number of nitrogens with one attached hydrogen (secondary N) is 1. The molecule has 0 aromatic heterocycles. The van der Waals surface area contributed by atoms with E-state index >= 15 is 0 Å². The number of allylic oxidation sites excluding steroid dienone is 1. The molecule has 0 unspecified atom stereocenters. The van der Waals surface area contributed by atoms with E-state index in [1.165, 1.54) is 12.5 Å².